The van der Waals surface area contributed by atoms with E-state index in [4.69, 9.17) is 9.47 Å². The monoisotopic (exact) mass is 798 g/mol. The minimum atomic E-state index is -0.923. The van der Waals surface area contributed by atoms with E-state index in [9.17, 15) is 9.59 Å². The number of benzene rings is 4. The van der Waals surface area contributed by atoms with Crippen LogP contribution in [0.3, 0.4) is 0 Å². The van der Waals surface area contributed by atoms with Gasteiger partial charge in [0, 0.05) is 23.5 Å². The molecule has 43 heavy (non-hydrogen) atoms. The van der Waals surface area contributed by atoms with Gasteiger partial charge in [0.05, 0.1) is 13.4 Å². The Hall–Kier alpha value is -3.91. The molecule has 2 amide bonds. The van der Waals surface area contributed by atoms with Crippen LogP contribution < -0.4 is 15.5 Å². The van der Waals surface area contributed by atoms with E-state index in [1.165, 1.54) is 0 Å². The van der Waals surface area contributed by atoms with Gasteiger partial charge in [-0.2, -0.15) is 5.10 Å². The van der Waals surface area contributed by atoms with E-state index in [2.05, 4.69) is 66.0 Å². The van der Waals surface area contributed by atoms with Crippen molar-refractivity contribution in [1.82, 2.24) is 15.7 Å². The first-order valence-electron chi connectivity index (χ1n) is 13.5. The van der Waals surface area contributed by atoms with Crippen molar-refractivity contribution >= 4 is 74.3 Å². The number of carbonyl (C=O) groups is 2. The Labute approximate surface area is 276 Å². The van der Waals surface area contributed by atoms with Gasteiger partial charge in [-0.1, -0.05) is 78.9 Å². The van der Waals surface area contributed by atoms with Gasteiger partial charge in [0.2, 0.25) is 0 Å². The van der Waals surface area contributed by atoms with Gasteiger partial charge < -0.3 is 19.8 Å². The second kappa shape index (κ2) is 15.0. The quantitative estimate of drug-likeness (QED) is 0.0766. The normalized spacial score (nSPS) is 11.8. The van der Waals surface area contributed by atoms with Crippen LogP contribution in [-0.4, -0.2) is 29.2 Å². The second-order valence-electron chi connectivity index (χ2n) is 9.64. The number of hydrogen-bond donors (Lipinski definition) is 3. The summed E-state index contributed by atoms with van der Waals surface area (Å²) in [5.74, 6) is 0.327. The predicted octanol–water partition coefficient (Wildman–Crippen LogP) is 6.94. The molecule has 1 aromatic heterocycles. The maximum absolute atomic E-state index is 13.3. The fourth-order valence-electron chi connectivity index (χ4n) is 4.41. The molecule has 0 fully saturated rings. The number of carbonyl (C=O) groups excluding carboxylic acids is 2. The summed E-state index contributed by atoms with van der Waals surface area (Å²) in [6, 6.07) is 30.1. The third-order valence-electron chi connectivity index (χ3n) is 6.56. The molecule has 4 aromatic carbocycles. The van der Waals surface area contributed by atoms with E-state index >= 15 is 0 Å². The number of hydrazone groups is 1. The van der Waals surface area contributed by atoms with Crippen molar-refractivity contribution in [3.63, 3.8) is 0 Å². The molecular formula is C33H28I2N4O4. The molecule has 1 heterocycles. The zero-order valence-corrected chi connectivity index (χ0v) is 27.2. The summed E-state index contributed by atoms with van der Waals surface area (Å²) in [6.45, 7) is 0.559. The van der Waals surface area contributed by atoms with E-state index < -0.39 is 18.0 Å². The highest BCUT2D eigenvalue weighted by molar-refractivity contribution is 14.1. The van der Waals surface area contributed by atoms with Gasteiger partial charge in [-0.3, -0.25) is 4.79 Å². The Morgan fingerprint density at radius 2 is 1.49 bits per heavy atom. The summed E-state index contributed by atoms with van der Waals surface area (Å²) in [5, 5.41) is 7.87. The summed E-state index contributed by atoms with van der Waals surface area (Å²) in [7, 11) is 0. The molecule has 3 N–H and O–H groups in total. The number of nitrogens with one attached hydrogen (secondary N) is 3. The highest BCUT2D eigenvalue weighted by Crippen LogP contribution is 2.29. The number of halogens is 2. The number of alkyl carbamates (subject to hydrolysis) is 1. The van der Waals surface area contributed by atoms with Gasteiger partial charge >= 0.3 is 6.09 Å². The van der Waals surface area contributed by atoms with Gasteiger partial charge in [0.1, 0.15) is 25.0 Å². The summed E-state index contributed by atoms with van der Waals surface area (Å²) < 4.78 is 13.3. The molecule has 1 atom stereocenters. The molecule has 0 aliphatic rings. The average Bonchev–Trinajstić information content (AvgIpc) is 3.43. The van der Waals surface area contributed by atoms with Crippen LogP contribution in [0.2, 0.25) is 0 Å². The van der Waals surface area contributed by atoms with Crippen molar-refractivity contribution in [2.24, 2.45) is 5.10 Å². The van der Waals surface area contributed by atoms with E-state index in [1.807, 2.05) is 103 Å². The molecule has 0 unspecified atom stereocenters. The van der Waals surface area contributed by atoms with Crippen LogP contribution >= 0.6 is 45.2 Å². The molecule has 0 aliphatic carbocycles. The van der Waals surface area contributed by atoms with Crippen LogP contribution in [0.1, 0.15) is 22.3 Å². The topological polar surface area (TPSA) is 105 Å². The Morgan fingerprint density at radius 1 is 0.860 bits per heavy atom. The third kappa shape index (κ3) is 8.57. The highest BCUT2D eigenvalue weighted by atomic mass is 127. The number of amides is 2. The van der Waals surface area contributed by atoms with Crippen molar-refractivity contribution in [2.75, 3.05) is 0 Å². The minimum absolute atomic E-state index is 0.0918. The maximum Gasteiger partial charge on any atom is 0.408 e. The summed E-state index contributed by atoms with van der Waals surface area (Å²) in [4.78, 5) is 29.2. The first-order valence-corrected chi connectivity index (χ1v) is 15.6. The fraction of sp³-hybridized carbons (Fsp3) is 0.121. The molecule has 0 aliphatic heterocycles. The number of nitrogens with zero attached hydrogens (tertiary/aromatic N) is 1. The lowest BCUT2D eigenvalue weighted by Crippen LogP contribution is -2.47. The number of ether oxygens (including phenoxy) is 2. The molecular weight excluding hydrogens is 770 g/mol. The van der Waals surface area contributed by atoms with E-state index in [-0.39, 0.29) is 13.0 Å². The van der Waals surface area contributed by atoms with Gasteiger partial charge in [-0.25, -0.2) is 10.2 Å². The highest BCUT2D eigenvalue weighted by Gasteiger charge is 2.23. The molecule has 218 valence electrons. The van der Waals surface area contributed by atoms with Crippen LogP contribution in [0, 0.1) is 7.14 Å². The van der Waals surface area contributed by atoms with Crippen LogP contribution in [0.5, 0.6) is 5.75 Å². The summed E-state index contributed by atoms with van der Waals surface area (Å²) in [6.07, 6.45) is 2.97. The van der Waals surface area contributed by atoms with Crippen molar-refractivity contribution < 1.29 is 19.1 Å². The maximum atomic E-state index is 13.3. The molecule has 5 aromatic rings. The van der Waals surface area contributed by atoms with Crippen LogP contribution in [0.4, 0.5) is 4.79 Å². The Kier molecular flexibility index (Phi) is 10.7. The summed E-state index contributed by atoms with van der Waals surface area (Å²) in [5.41, 5.74) is 7.15. The SMILES string of the molecule is O=C(N[C@H](Cc1c[nH]c2ccccc12)C(=O)N/N=C\c1cc(I)c(OCc2ccccc2)c(I)c1)OCc1ccccc1. The number of hydrogen-bond acceptors (Lipinski definition) is 5. The largest absolute Gasteiger partial charge is 0.487 e. The zero-order valence-electron chi connectivity index (χ0n) is 22.9. The number of H-pyrrole nitrogens is 1. The first-order chi connectivity index (χ1) is 21.0. The lowest BCUT2D eigenvalue weighted by Gasteiger charge is -2.17. The van der Waals surface area contributed by atoms with Crippen molar-refractivity contribution in [1.29, 1.82) is 0 Å². The van der Waals surface area contributed by atoms with Crippen molar-refractivity contribution in [3.8, 4) is 5.75 Å². The zero-order chi connectivity index (χ0) is 30.0. The van der Waals surface area contributed by atoms with Crippen LogP contribution in [-0.2, 0) is 29.2 Å². The standard InChI is InChI=1S/C33H28I2N4O4/c34-27-15-24(16-28(35)31(27)42-20-22-9-3-1-4-10-22)18-37-39-32(40)30(17-25-19-36-29-14-8-7-13-26(25)29)38-33(41)43-21-23-11-5-2-6-12-23/h1-16,18-19,30,36H,17,20-21H2,(H,38,41)(H,39,40)/b37-18-/t30-/m1/s1. The average molecular weight is 798 g/mol. The molecule has 0 spiro atoms. The number of para-hydroxylation sites is 1. The number of fused-ring (bicyclic) bond motifs is 1. The minimum Gasteiger partial charge on any atom is -0.487 e. The number of aromatic nitrogens is 1. The molecule has 8 nitrogen and oxygen atoms in total. The predicted molar refractivity (Wildman–Crippen MR) is 184 cm³/mol. The van der Waals surface area contributed by atoms with E-state index in [0.29, 0.717) is 6.61 Å². The van der Waals surface area contributed by atoms with Crippen LogP contribution in [0.25, 0.3) is 10.9 Å². The Bertz CT molecular complexity index is 1700. The summed E-state index contributed by atoms with van der Waals surface area (Å²) >= 11 is 4.46. The van der Waals surface area contributed by atoms with Crippen molar-refractivity contribution in [2.45, 2.75) is 25.7 Å². The lowest BCUT2D eigenvalue weighted by molar-refractivity contribution is -0.123. The van der Waals surface area contributed by atoms with E-state index in [1.54, 1.807) is 6.21 Å². The van der Waals surface area contributed by atoms with Gasteiger partial charge in [-0.15, -0.1) is 0 Å². The van der Waals surface area contributed by atoms with Gasteiger partial charge in [0.15, 0.2) is 0 Å². The lowest BCUT2D eigenvalue weighted by atomic mass is 10.0. The molecule has 0 saturated heterocycles. The van der Waals surface area contributed by atoms with Gasteiger partial charge in [0.25, 0.3) is 5.91 Å². The first kappa shape index (κ1) is 30.5. The fourth-order valence-corrected chi connectivity index (χ4v) is 6.53. The Balaban J connectivity index is 1.25. The smallest absolute Gasteiger partial charge is 0.408 e. The van der Waals surface area contributed by atoms with Crippen molar-refractivity contribution in [3.05, 3.63) is 133 Å². The number of rotatable bonds is 11. The molecule has 5 rings (SSSR count). The molecule has 10 heteroatoms. The molecule has 0 saturated carbocycles. The molecule has 0 bridgehead atoms. The molecule has 0 radical (unpaired) electrons. The van der Waals surface area contributed by atoms with Gasteiger partial charge in [-0.05, 0) is 85.6 Å². The van der Waals surface area contributed by atoms with Crippen LogP contribution in [0.15, 0.2) is 108 Å². The van der Waals surface area contributed by atoms with E-state index in [0.717, 1.165) is 46.0 Å². The number of aromatic amines is 1. The Morgan fingerprint density at radius 3 is 2.19 bits per heavy atom. The second-order valence-corrected chi connectivity index (χ2v) is 12.0. The third-order valence-corrected chi connectivity index (χ3v) is 8.16.